The summed E-state index contributed by atoms with van der Waals surface area (Å²) in [7, 11) is 0. The SMILES string of the molecule is O=C(CCCCl)Nc1ccc(C(O)(C(F)(F)F)C(F)(F)F)cc1. The van der Waals surface area contributed by atoms with Gasteiger partial charge in [0.15, 0.2) is 0 Å². The molecule has 1 amide bonds. The first-order chi connectivity index (χ1) is 10.4. The normalized spacial score (nSPS) is 13.0. The lowest BCUT2D eigenvalue weighted by molar-refractivity contribution is -0.376. The molecule has 0 heterocycles. The van der Waals surface area contributed by atoms with Crippen LogP contribution >= 0.6 is 11.6 Å². The molecule has 1 rings (SSSR count). The van der Waals surface area contributed by atoms with E-state index in [1.54, 1.807) is 0 Å². The summed E-state index contributed by atoms with van der Waals surface area (Å²) in [5, 5.41) is 11.5. The molecule has 0 radical (unpaired) electrons. The van der Waals surface area contributed by atoms with Gasteiger partial charge in [-0.2, -0.15) is 26.3 Å². The molecular formula is C13H12ClF6NO2. The summed E-state index contributed by atoms with van der Waals surface area (Å²) in [6.45, 7) is 0. The van der Waals surface area contributed by atoms with Crippen molar-refractivity contribution in [3.8, 4) is 0 Å². The van der Waals surface area contributed by atoms with Crippen molar-refractivity contribution in [3.05, 3.63) is 29.8 Å². The van der Waals surface area contributed by atoms with Crippen LogP contribution in [0.1, 0.15) is 18.4 Å². The third kappa shape index (κ3) is 4.29. The summed E-state index contributed by atoms with van der Waals surface area (Å²) in [6.07, 6.45) is -11.5. The zero-order chi connectivity index (χ0) is 17.9. The van der Waals surface area contributed by atoms with Crippen LogP contribution in [0.15, 0.2) is 24.3 Å². The predicted octanol–water partition coefficient (Wildman–Crippen LogP) is 3.96. The average Bonchev–Trinajstić information content (AvgIpc) is 2.42. The fraction of sp³-hybridized carbons (Fsp3) is 0.462. The highest BCUT2D eigenvalue weighted by Gasteiger charge is 2.71. The molecule has 0 aliphatic carbocycles. The molecular weight excluding hydrogens is 352 g/mol. The summed E-state index contributed by atoms with van der Waals surface area (Å²) in [5.41, 5.74) is -6.38. The van der Waals surface area contributed by atoms with E-state index in [1.807, 2.05) is 0 Å². The molecule has 0 bridgehead atoms. The molecule has 3 nitrogen and oxygen atoms in total. The molecule has 0 unspecified atom stereocenters. The number of amides is 1. The number of carbonyl (C=O) groups excluding carboxylic acids is 1. The molecule has 23 heavy (non-hydrogen) atoms. The van der Waals surface area contributed by atoms with Crippen LogP contribution in [0.5, 0.6) is 0 Å². The number of nitrogens with one attached hydrogen (secondary N) is 1. The molecule has 0 aliphatic rings. The Morgan fingerprint density at radius 2 is 1.52 bits per heavy atom. The van der Waals surface area contributed by atoms with Crippen molar-refractivity contribution >= 4 is 23.2 Å². The van der Waals surface area contributed by atoms with E-state index < -0.39 is 29.4 Å². The monoisotopic (exact) mass is 363 g/mol. The Hall–Kier alpha value is -1.48. The van der Waals surface area contributed by atoms with E-state index in [-0.39, 0.29) is 18.0 Å². The van der Waals surface area contributed by atoms with Gasteiger partial charge in [-0.15, -0.1) is 11.6 Å². The van der Waals surface area contributed by atoms with E-state index in [4.69, 9.17) is 11.6 Å². The van der Waals surface area contributed by atoms with Crippen LogP contribution in [0.4, 0.5) is 32.0 Å². The molecule has 2 N–H and O–H groups in total. The molecule has 1 aromatic carbocycles. The second-order valence-corrected chi connectivity index (χ2v) is 5.00. The molecule has 10 heteroatoms. The van der Waals surface area contributed by atoms with Crippen molar-refractivity contribution in [1.82, 2.24) is 0 Å². The Morgan fingerprint density at radius 3 is 1.91 bits per heavy atom. The molecule has 130 valence electrons. The van der Waals surface area contributed by atoms with Crippen molar-refractivity contribution in [2.24, 2.45) is 0 Å². The number of benzene rings is 1. The topological polar surface area (TPSA) is 49.3 Å². The Labute approximate surface area is 132 Å². The fourth-order valence-electron chi connectivity index (χ4n) is 1.73. The zero-order valence-electron chi connectivity index (χ0n) is 11.4. The maximum absolute atomic E-state index is 12.7. The average molecular weight is 364 g/mol. The van der Waals surface area contributed by atoms with Crippen LogP contribution in [0, 0.1) is 0 Å². The third-order valence-corrected chi connectivity index (χ3v) is 3.21. The standard InChI is InChI=1S/C13H12ClF6NO2/c14-7-1-2-10(22)21-9-5-3-8(4-6-9)11(23,12(15,16)17)13(18,19)20/h3-6,23H,1-2,7H2,(H,21,22). The van der Waals surface area contributed by atoms with E-state index in [0.29, 0.717) is 18.6 Å². The molecule has 0 atom stereocenters. The molecule has 1 aromatic rings. The number of anilines is 1. The number of rotatable bonds is 5. The first-order valence-corrected chi connectivity index (χ1v) is 6.79. The van der Waals surface area contributed by atoms with Gasteiger partial charge in [-0.05, 0) is 18.6 Å². The number of alkyl halides is 7. The van der Waals surface area contributed by atoms with E-state index in [2.05, 4.69) is 5.32 Å². The van der Waals surface area contributed by atoms with Crippen LogP contribution in [0.25, 0.3) is 0 Å². The first kappa shape index (κ1) is 19.6. The fourth-order valence-corrected chi connectivity index (χ4v) is 1.87. The van der Waals surface area contributed by atoms with Crippen LogP contribution < -0.4 is 5.32 Å². The minimum atomic E-state index is -5.95. The van der Waals surface area contributed by atoms with Crippen LogP contribution in [-0.4, -0.2) is 29.2 Å². The van der Waals surface area contributed by atoms with Gasteiger partial charge in [-0.3, -0.25) is 4.79 Å². The lowest BCUT2D eigenvalue weighted by Crippen LogP contribution is -2.53. The zero-order valence-corrected chi connectivity index (χ0v) is 12.2. The van der Waals surface area contributed by atoms with E-state index in [1.165, 1.54) is 0 Å². The van der Waals surface area contributed by atoms with Crippen LogP contribution in [-0.2, 0) is 10.4 Å². The number of hydrogen-bond acceptors (Lipinski definition) is 2. The van der Waals surface area contributed by atoms with E-state index in [9.17, 15) is 36.2 Å². The van der Waals surface area contributed by atoms with E-state index >= 15 is 0 Å². The van der Waals surface area contributed by atoms with Gasteiger partial charge in [-0.25, -0.2) is 0 Å². The van der Waals surface area contributed by atoms with Crippen LogP contribution in [0.3, 0.4) is 0 Å². The van der Waals surface area contributed by atoms with Gasteiger partial charge in [-0.1, -0.05) is 12.1 Å². The highest BCUT2D eigenvalue weighted by Crippen LogP contribution is 2.50. The Bertz CT molecular complexity index is 527. The molecule has 0 saturated heterocycles. The van der Waals surface area contributed by atoms with Gasteiger partial charge < -0.3 is 10.4 Å². The maximum Gasteiger partial charge on any atom is 0.430 e. The number of hydrogen-bond donors (Lipinski definition) is 2. The highest BCUT2D eigenvalue weighted by atomic mass is 35.5. The van der Waals surface area contributed by atoms with E-state index in [0.717, 1.165) is 12.1 Å². The largest absolute Gasteiger partial charge is 0.430 e. The second-order valence-electron chi connectivity index (χ2n) is 4.62. The number of halogens is 7. The number of aliphatic hydroxyl groups is 1. The predicted molar refractivity (Wildman–Crippen MR) is 71.0 cm³/mol. The smallest absolute Gasteiger partial charge is 0.369 e. The summed E-state index contributed by atoms with van der Waals surface area (Å²) in [5.74, 6) is -0.253. The lowest BCUT2D eigenvalue weighted by Gasteiger charge is -2.32. The van der Waals surface area contributed by atoms with Crippen molar-refractivity contribution < 1.29 is 36.2 Å². The second kappa shape index (κ2) is 6.96. The summed E-state index contributed by atoms with van der Waals surface area (Å²) < 4.78 is 76.1. The summed E-state index contributed by atoms with van der Waals surface area (Å²) in [6, 6.07) is 2.60. The van der Waals surface area contributed by atoms with Crippen LogP contribution in [0.2, 0.25) is 0 Å². The van der Waals surface area contributed by atoms with Crippen molar-refractivity contribution in [2.45, 2.75) is 30.8 Å². The molecule has 0 aromatic heterocycles. The summed E-state index contributed by atoms with van der Waals surface area (Å²) in [4.78, 5) is 11.4. The van der Waals surface area contributed by atoms with Gasteiger partial charge in [0.1, 0.15) is 0 Å². The lowest BCUT2D eigenvalue weighted by atomic mass is 9.92. The molecule has 0 saturated carbocycles. The Kier molecular flexibility index (Phi) is 5.92. The molecule has 0 aliphatic heterocycles. The first-order valence-electron chi connectivity index (χ1n) is 6.25. The van der Waals surface area contributed by atoms with Gasteiger partial charge in [0.05, 0.1) is 0 Å². The Balaban J connectivity index is 3.04. The van der Waals surface area contributed by atoms with Crippen molar-refractivity contribution in [3.63, 3.8) is 0 Å². The quantitative estimate of drug-likeness (QED) is 0.614. The molecule has 0 spiro atoms. The van der Waals surface area contributed by atoms with Gasteiger partial charge in [0.25, 0.3) is 5.60 Å². The third-order valence-electron chi connectivity index (χ3n) is 2.94. The van der Waals surface area contributed by atoms with Gasteiger partial charge in [0.2, 0.25) is 5.91 Å². The minimum absolute atomic E-state index is 0.0000198. The number of carbonyl (C=O) groups is 1. The minimum Gasteiger partial charge on any atom is -0.369 e. The van der Waals surface area contributed by atoms with Gasteiger partial charge in [0, 0.05) is 23.6 Å². The van der Waals surface area contributed by atoms with Crippen molar-refractivity contribution in [2.75, 3.05) is 11.2 Å². The molecule has 0 fully saturated rings. The van der Waals surface area contributed by atoms with Gasteiger partial charge >= 0.3 is 12.4 Å². The van der Waals surface area contributed by atoms with Crippen molar-refractivity contribution in [1.29, 1.82) is 0 Å². The highest BCUT2D eigenvalue weighted by molar-refractivity contribution is 6.18. The Morgan fingerprint density at radius 1 is 1.04 bits per heavy atom. The maximum atomic E-state index is 12.7. The summed E-state index contributed by atoms with van der Waals surface area (Å²) >= 11 is 5.38.